The Kier molecular flexibility index (Phi) is 5.34. The van der Waals surface area contributed by atoms with Crippen LogP contribution in [-0.4, -0.2) is 37.0 Å². The normalized spacial score (nSPS) is 9.53. The van der Waals surface area contributed by atoms with Gasteiger partial charge >= 0.3 is 5.97 Å². The van der Waals surface area contributed by atoms with Gasteiger partial charge in [-0.1, -0.05) is 0 Å². The van der Waals surface area contributed by atoms with E-state index in [0.717, 1.165) is 0 Å². The lowest BCUT2D eigenvalue weighted by Crippen LogP contribution is -2.20. The monoisotopic (exact) mass is 266 g/mol. The van der Waals surface area contributed by atoms with Gasteiger partial charge in [0.15, 0.2) is 0 Å². The van der Waals surface area contributed by atoms with Crippen molar-refractivity contribution in [1.29, 1.82) is 0 Å². The van der Waals surface area contributed by atoms with E-state index in [1.807, 2.05) is 0 Å². The van der Waals surface area contributed by atoms with Gasteiger partial charge in [-0.3, -0.25) is 9.59 Å². The van der Waals surface area contributed by atoms with Crippen LogP contribution in [0.4, 0.5) is 5.69 Å². The Morgan fingerprint density at radius 1 is 1.42 bits per heavy atom. The summed E-state index contributed by atoms with van der Waals surface area (Å²) in [7, 11) is 1.42. The van der Waals surface area contributed by atoms with E-state index < -0.39 is 5.97 Å². The van der Waals surface area contributed by atoms with Gasteiger partial charge in [0.1, 0.15) is 5.75 Å². The Labute approximate surface area is 109 Å². The Hall–Kier alpha value is -2.57. The first-order chi connectivity index (χ1) is 9.08. The molecule has 3 N–H and O–H groups in total. The molecule has 0 aromatic heterocycles. The quantitative estimate of drug-likeness (QED) is 0.491. The number of hydrogen-bond donors (Lipinski definition) is 3. The third-order valence-corrected chi connectivity index (χ3v) is 2.30. The molecule has 0 fully saturated rings. The van der Waals surface area contributed by atoms with E-state index in [2.05, 4.69) is 10.6 Å². The molecule has 0 aliphatic heterocycles. The van der Waals surface area contributed by atoms with Crippen LogP contribution in [0.2, 0.25) is 0 Å². The van der Waals surface area contributed by atoms with Crippen molar-refractivity contribution in [3.63, 3.8) is 0 Å². The van der Waals surface area contributed by atoms with Gasteiger partial charge < -0.3 is 20.5 Å². The average Bonchev–Trinajstić information content (AvgIpc) is 2.38. The molecule has 1 rings (SSSR count). The van der Waals surface area contributed by atoms with E-state index in [4.69, 9.17) is 9.84 Å². The molecule has 7 heteroatoms. The fraction of sp³-hybridized carbons (Fsp3) is 0.250. The molecule has 0 bridgehead atoms. The Morgan fingerprint density at radius 2 is 2.16 bits per heavy atom. The van der Waals surface area contributed by atoms with Crippen molar-refractivity contribution >= 4 is 24.0 Å². The van der Waals surface area contributed by atoms with E-state index in [-0.39, 0.29) is 30.1 Å². The highest BCUT2D eigenvalue weighted by Gasteiger charge is 2.11. The van der Waals surface area contributed by atoms with Crippen molar-refractivity contribution < 1.29 is 24.2 Å². The van der Waals surface area contributed by atoms with Crippen LogP contribution in [0.15, 0.2) is 18.2 Å². The van der Waals surface area contributed by atoms with Crippen LogP contribution in [-0.2, 0) is 9.59 Å². The van der Waals surface area contributed by atoms with Crippen LogP contribution >= 0.6 is 0 Å². The van der Waals surface area contributed by atoms with Crippen LogP contribution in [0.1, 0.15) is 16.8 Å². The number of carbonyl (C=O) groups is 3. The number of hydrogen-bond acceptors (Lipinski definition) is 4. The third kappa shape index (κ3) is 4.30. The summed E-state index contributed by atoms with van der Waals surface area (Å²) in [5, 5.41) is 13.8. The lowest BCUT2D eigenvalue weighted by molar-refractivity contribution is -0.116. The van der Waals surface area contributed by atoms with Crippen LogP contribution in [0, 0.1) is 0 Å². The predicted molar refractivity (Wildman–Crippen MR) is 67.3 cm³/mol. The minimum Gasteiger partial charge on any atom is -0.495 e. The third-order valence-electron chi connectivity index (χ3n) is 2.30. The van der Waals surface area contributed by atoms with E-state index >= 15 is 0 Å². The number of amides is 2. The van der Waals surface area contributed by atoms with Crippen LogP contribution in [0.25, 0.3) is 0 Å². The van der Waals surface area contributed by atoms with Crippen molar-refractivity contribution in [2.24, 2.45) is 0 Å². The first kappa shape index (κ1) is 14.5. The molecule has 0 radical (unpaired) electrons. The first-order valence-corrected chi connectivity index (χ1v) is 5.46. The molecule has 2 amide bonds. The SMILES string of the molecule is COc1ccc(C(=O)O)cc1NC(=O)CCNC=O. The second-order valence-electron chi connectivity index (χ2n) is 3.59. The van der Waals surface area contributed by atoms with Gasteiger partial charge in [0.2, 0.25) is 12.3 Å². The molecule has 7 nitrogen and oxygen atoms in total. The van der Waals surface area contributed by atoms with E-state index in [9.17, 15) is 14.4 Å². The number of rotatable bonds is 7. The minimum atomic E-state index is -1.10. The Bertz CT molecular complexity index is 487. The predicted octanol–water partition coefficient (Wildman–Crippen LogP) is 0.468. The molecule has 1 aromatic rings. The summed E-state index contributed by atoms with van der Waals surface area (Å²) in [5.74, 6) is -1.09. The largest absolute Gasteiger partial charge is 0.495 e. The van der Waals surface area contributed by atoms with Crippen molar-refractivity contribution in [2.75, 3.05) is 19.0 Å². The molecule has 0 unspecified atom stereocenters. The van der Waals surface area contributed by atoms with Gasteiger partial charge in [0.05, 0.1) is 18.4 Å². The number of methoxy groups -OCH3 is 1. The second kappa shape index (κ2) is 7.00. The first-order valence-electron chi connectivity index (χ1n) is 5.46. The minimum absolute atomic E-state index is 0.0436. The topological polar surface area (TPSA) is 105 Å². The maximum Gasteiger partial charge on any atom is 0.335 e. The molecule has 0 aliphatic carbocycles. The number of carboxylic acid groups (broad SMARTS) is 1. The highest BCUT2D eigenvalue weighted by atomic mass is 16.5. The summed E-state index contributed by atoms with van der Waals surface area (Å²) in [6.45, 7) is 0.205. The van der Waals surface area contributed by atoms with Crippen molar-refractivity contribution in [3.8, 4) is 5.75 Å². The number of ether oxygens (including phenoxy) is 1. The number of benzene rings is 1. The van der Waals surface area contributed by atoms with Crippen molar-refractivity contribution in [1.82, 2.24) is 5.32 Å². The molecular formula is C12H14N2O5. The smallest absolute Gasteiger partial charge is 0.335 e. The number of nitrogens with one attached hydrogen (secondary N) is 2. The number of carbonyl (C=O) groups excluding carboxylic acids is 2. The number of carboxylic acids is 1. The van der Waals surface area contributed by atoms with Gasteiger partial charge in [-0.2, -0.15) is 0 Å². The summed E-state index contributed by atoms with van der Waals surface area (Å²) in [5.41, 5.74) is 0.320. The van der Waals surface area contributed by atoms with Gasteiger partial charge in [-0.25, -0.2) is 4.79 Å². The van der Waals surface area contributed by atoms with Crippen LogP contribution < -0.4 is 15.4 Å². The fourth-order valence-corrected chi connectivity index (χ4v) is 1.40. The molecule has 0 saturated carbocycles. The average molecular weight is 266 g/mol. The Morgan fingerprint density at radius 3 is 2.74 bits per heavy atom. The zero-order valence-corrected chi connectivity index (χ0v) is 10.3. The van der Waals surface area contributed by atoms with E-state index in [1.165, 1.54) is 25.3 Å². The summed E-state index contributed by atoms with van der Waals surface area (Å²) in [4.78, 5) is 32.5. The summed E-state index contributed by atoms with van der Waals surface area (Å²) in [6.07, 6.45) is 0.581. The highest BCUT2D eigenvalue weighted by molar-refractivity contribution is 5.95. The maximum atomic E-state index is 11.6. The van der Waals surface area contributed by atoms with E-state index in [0.29, 0.717) is 12.2 Å². The lowest BCUT2D eigenvalue weighted by Gasteiger charge is -2.10. The van der Waals surface area contributed by atoms with E-state index in [1.54, 1.807) is 0 Å². The molecule has 0 saturated heterocycles. The summed E-state index contributed by atoms with van der Waals surface area (Å²) < 4.78 is 5.03. The second-order valence-corrected chi connectivity index (χ2v) is 3.59. The lowest BCUT2D eigenvalue weighted by atomic mass is 10.2. The molecule has 102 valence electrons. The highest BCUT2D eigenvalue weighted by Crippen LogP contribution is 2.25. The van der Waals surface area contributed by atoms with Crippen molar-refractivity contribution in [3.05, 3.63) is 23.8 Å². The standard InChI is InChI=1S/C12H14N2O5/c1-19-10-3-2-8(12(17)18)6-9(10)14-11(16)4-5-13-7-15/h2-3,6-7H,4-5H2,1H3,(H,13,15)(H,14,16)(H,17,18). The molecule has 1 aromatic carbocycles. The summed E-state index contributed by atoms with van der Waals surface area (Å²) in [6, 6.07) is 4.15. The zero-order chi connectivity index (χ0) is 14.3. The van der Waals surface area contributed by atoms with Gasteiger partial charge in [-0.05, 0) is 18.2 Å². The van der Waals surface area contributed by atoms with Gasteiger partial charge in [-0.15, -0.1) is 0 Å². The zero-order valence-electron chi connectivity index (χ0n) is 10.3. The van der Waals surface area contributed by atoms with Gasteiger partial charge in [0.25, 0.3) is 0 Å². The number of anilines is 1. The molecule has 0 spiro atoms. The van der Waals surface area contributed by atoms with Crippen LogP contribution in [0.5, 0.6) is 5.75 Å². The molecular weight excluding hydrogens is 252 g/mol. The molecule has 0 atom stereocenters. The Balaban J connectivity index is 2.79. The van der Waals surface area contributed by atoms with Gasteiger partial charge in [0, 0.05) is 13.0 Å². The molecule has 0 heterocycles. The molecule has 19 heavy (non-hydrogen) atoms. The molecule has 0 aliphatic rings. The fourth-order valence-electron chi connectivity index (χ4n) is 1.40. The number of aromatic carboxylic acids is 1. The maximum absolute atomic E-state index is 11.6. The summed E-state index contributed by atoms with van der Waals surface area (Å²) >= 11 is 0. The van der Waals surface area contributed by atoms with Crippen molar-refractivity contribution in [2.45, 2.75) is 6.42 Å². The van der Waals surface area contributed by atoms with Crippen LogP contribution in [0.3, 0.4) is 0 Å².